The van der Waals surface area contributed by atoms with Crippen molar-refractivity contribution < 1.29 is 23.8 Å². The number of hydrogen-bond donors (Lipinski definition) is 1. The molecule has 0 aliphatic carbocycles. The third-order valence-electron chi connectivity index (χ3n) is 4.02. The van der Waals surface area contributed by atoms with E-state index in [2.05, 4.69) is 10.3 Å². The average molecular weight is 412 g/mol. The maximum Gasteiger partial charge on any atom is 0.325 e. The van der Waals surface area contributed by atoms with Gasteiger partial charge in [-0.25, -0.2) is 4.98 Å². The van der Waals surface area contributed by atoms with Crippen LogP contribution in [0.4, 0.5) is 0 Å². The summed E-state index contributed by atoms with van der Waals surface area (Å²) in [6.45, 7) is -0.176. The minimum Gasteiger partial charge on any atom is -0.497 e. The van der Waals surface area contributed by atoms with Gasteiger partial charge >= 0.3 is 5.97 Å². The molecule has 3 rings (SSSR count). The quantitative estimate of drug-likeness (QED) is 0.572. The molecule has 1 N–H and O–H groups in total. The minimum absolute atomic E-state index is 0.0455. The normalized spacial score (nSPS) is 10.3. The summed E-state index contributed by atoms with van der Waals surface area (Å²) in [5.74, 6) is 0.528. The fourth-order valence-electron chi connectivity index (χ4n) is 2.44. The number of hydrogen-bond acceptors (Lipinski definition) is 7. The lowest BCUT2D eigenvalue weighted by molar-refractivity contribution is -0.143. The molecule has 0 saturated carbocycles. The molecule has 0 spiro atoms. The number of rotatable bonds is 8. The van der Waals surface area contributed by atoms with E-state index in [4.69, 9.17) is 14.2 Å². The van der Waals surface area contributed by atoms with Gasteiger partial charge in [-0.05, 0) is 48.5 Å². The summed E-state index contributed by atoms with van der Waals surface area (Å²) >= 11 is 1.46. The number of esters is 1. The largest absolute Gasteiger partial charge is 0.497 e. The van der Waals surface area contributed by atoms with E-state index >= 15 is 0 Å². The van der Waals surface area contributed by atoms with Crippen LogP contribution >= 0.6 is 11.3 Å². The number of benzene rings is 2. The van der Waals surface area contributed by atoms with E-state index in [9.17, 15) is 9.59 Å². The number of ether oxygens (including phenoxy) is 3. The molecule has 0 bridgehead atoms. The number of amides is 1. The Morgan fingerprint density at radius 1 is 0.966 bits per heavy atom. The molecule has 0 fully saturated rings. The van der Waals surface area contributed by atoms with Gasteiger partial charge < -0.3 is 19.5 Å². The first-order valence-corrected chi connectivity index (χ1v) is 9.63. The van der Waals surface area contributed by atoms with Gasteiger partial charge in [-0.1, -0.05) is 0 Å². The van der Waals surface area contributed by atoms with Crippen molar-refractivity contribution in [2.75, 3.05) is 20.8 Å². The average Bonchev–Trinajstić information content (AvgIpc) is 3.25. The summed E-state index contributed by atoms with van der Waals surface area (Å²) < 4.78 is 15.4. The van der Waals surface area contributed by atoms with E-state index < -0.39 is 5.97 Å². The minimum atomic E-state index is -0.536. The summed E-state index contributed by atoms with van der Waals surface area (Å²) in [7, 11) is 3.16. The molecule has 0 atom stereocenters. The van der Waals surface area contributed by atoms with Crippen LogP contribution in [0.15, 0.2) is 53.9 Å². The number of methoxy groups -OCH3 is 2. The monoisotopic (exact) mass is 412 g/mol. The van der Waals surface area contributed by atoms with Crippen LogP contribution in [-0.2, 0) is 16.1 Å². The lowest BCUT2D eigenvalue weighted by atomic mass is 10.2. The van der Waals surface area contributed by atoms with Crippen molar-refractivity contribution in [3.8, 4) is 22.1 Å². The van der Waals surface area contributed by atoms with Crippen molar-refractivity contribution in [3.63, 3.8) is 0 Å². The zero-order valence-electron chi connectivity index (χ0n) is 16.0. The van der Waals surface area contributed by atoms with Crippen molar-refractivity contribution in [3.05, 3.63) is 65.2 Å². The Bertz CT molecular complexity index is 967. The number of nitrogens with one attached hydrogen (secondary N) is 1. The van der Waals surface area contributed by atoms with E-state index in [1.807, 2.05) is 29.6 Å². The van der Waals surface area contributed by atoms with Crippen LogP contribution < -0.4 is 14.8 Å². The van der Waals surface area contributed by atoms with Crippen LogP contribution in [0.2, 0.25) is 0 Å². The maximum atomic E-state index is 12.0. The van der Waals surface area contributed by atoms with E-state index in [-0.39, 0.29) is 19.1 Å². The Hall–Kier alpha value is -3.39. The third kappa shape index (κ3) is 5.55. The van der Waals surface area contributed by atoms with Gasteiger partial charge in [-0.2, -0.15) is 0 Å². The summed E-state index contributed by atoms with van der Waals surface area (Å²) in [5.41, 5.74) is 2.04. The molecule has 0 aliphatic heterocycles. The smallest absolute Gasteiger partial charge is 0.325 e. The van der Waals surface area contributed by atoms with Crippen LogP contribution in [0.25, 0.3) is 10.6 Å². The van der Waals surface area contributed by atoms with Gasteiger partial charge in [-0.3, -0.25) is 9.59 Å². The molecule has 0 radical (unpaired) electrons. The molecule has 0 unspecified atom stereocenters. The Labute approximate surface area is 172 Å². The number of carbonyl (C=O) groups excluding carboxylic acids is 2. The summed E-state index contributed by atoms with van der Waals surface area (Å²) in [4.78, 5) is 28.4. The zero-order chi connectivity index (χ0) is 20.6. The van der Waals surface area contributed by atoms with Crippen LogP contribution in [0, 0.1) is 0 Å². The Morgan fingerprint density at radius 2 is 1.59 bits per heavy atom. The zero-order valence-corrected chi connectivity index (χ0v) is 16.8. The molecule has 2 aromatic carbocycles. The second-order valence-corrected chi connectivity index (χ2v) is 6.80. The molecule has 3 aromatic rings. The van der Waals surface area contributed by atoms with Crippen LogP contribution in [-0.4, -0.2) is 37.6 Å². The molecule has 1 aromatic heterocycles. The second kappa shape index (κ2) is 9.70. The first-order valence-electron chi connectivity index (χ1n) is 8.75. The highest BCUT2D eigenvalue weighted by molar-refractivity contribution is 7.13. The van der Waals surface area contributed by atoms with E-state index in [0.29, 0.717) is 17.0 Å². The highest BCUT2D eigenvalue weighted by Gasteiger charge is 2.11. The Balaban J connectivity index is 1.46. The number of carbonyl (C=O) groups is 2. The topological polar surface area (TPSA) is 86.8 Å². The fraction of sp³-hybridized carbons (Fsp3) is 0.190. The molecule has 7 nitrogen and oxygen atoms in total. The second-order valence-electron chi connectivity index (χ2n) is 5.94. The lowest BCUT2D eigenvalue weighted by Gasteiger charge is -2.06. The van der Waals surface area contributed by atoms with Crippen LogP contribution in [0.3, 0.4) is 0 Å². The lowest BCUT2D eigenvalue weighted by Crippen LogP contribution is -2.30. The first-order chi connectivity index (χ1) is 14.1. The predicted molar refractivity (Wildman–Crippen MR) is 109 cm³/mol. The summed E-state index contributed by atoms with van der Waals surface area (Å²) in [6, 6.07) is 14.2. The van der Waals surface area contributed by atoms with Gasteiger partial charge in [0, 0.05) is 16.5 Å². The first kappa shape index (κ1) is 20.3. The molecule has 1 amide bonds. The SMILES string of the molecule is COc1ccc(C(=O)NCC(=O)OCc2csc(-c3ccc(OC)cc3)n2)cc1. The van der Waals surface area contributed by atoms with Gasteiger partial charge in [-0.15, -0.1) is 11.3 Å². The molecule has 29 heavy (non-hydrogen) atoms. The van der Waals surface area contributed by atoms with Gasteiger partial charge in [0.1, 0.15) is 29.7 Å². The highest BCUT2D eigenvalue weighted by atomic mass is 32.1. The number of nitrogens with zero attached hydrogens (tertiary/aromatic N) is 1. The third-order valence-corrected chi connectivity index (χ3v) is 4.96. The van der Waals surface area contributed by atoms with E-state index in [1.54, 1.807) is 38.5 Å². The molecular formula is C21H20N2O5S. The van der Waals surface area contributed by atoms with Crippen molar-refractivity contribution in [2.45, 2.75) is 6.61 Å². The van der Waals surface area contributed by atoms with Gasteiger partial charge in [0.25, 0.3) is 5.91 Å². The van der Waals surface area contributed by atoms with Crippen molar-refractivity contribution >= 4 is 23.2 Å². The Morgan fingerprint density at radius 3 is 2.21 bits per heavy atom. The molecule has 0 saturated heterocycles. The molecule has 150 valence electrons. The molecule has 0 aliphatic rings. The maximum absolute atomic E-state index is 12.0. The van der Waals surface area contributed by atoms with E-state index in [0.717, 1.165) is 16.3 Å². The van der Waals surface area contributed by atoms with Crippen molar-refractivity contribution in [1.29, 1.82) is 0 Å². The fourth-order valence-corrected chi connectivity index (χ4v) is 3.25. The van der Waals surface area contributed by atoms with Crippen LogP contribution in [0.5, 0.6) is 11.5 Å². The van der Waals surface area contributed by atoms with Gasteiger partial charge in [0.15, 0.2) is 0 Å². The number of aromatic nitrogens is 1. The molecule has 1 heterocycles. The van der Waals surface area contributed by atoms with Crippen LogP contribution in [0.1, 0.15) is 16.1 Å². The summed E-state index contributed by atoms with van der Waals surface area (Å²) in [6.07, 6.45) is 0. The highest BCUT2D eigenvalue weighted by Crippen LogP contribution is 2.25. The molecular weight excluding hydrogens is 392 g/mol. The number of thiazole rings is 1. The molecule has 8 heteroatoms. The van der Waals surface area contributed by atoms with Crippen molar-refractivity contribution in [1.82, 2.24) is 10.3 Å². The predicted octanol–water partition coefficient (Wildman–Crippen LogP) is 3.30. The van der Waals surface area contributed by atoms with E-state index in [1.165, 1.54) is 11.3 Å². The van der Waals surface area contributed by atoms with Gasteiger partial charge in [0.05, 0.1) is 19.9 Å². The standard InChI is InChI=1S/C21H20N2O5S/c1-26-17-7-3-14(4-8-17)20(25)22-11-19(24)28-12-16-13-29-21(23-16)15-5-9-18(27-2)10-6-15/h3-10,13H,11-12H2,1-2H3,(H,22,25). The summed E-state index contributed by atoms with van der Waals surface area (Å²) in [5, 5.41) is 5.19. The van der Waals surface area contributed by atoms with Crippen molar-refractivity contribution in [2.24, 2.45) is 0 Å². The Kier molecular flexibility index (Phi) is 6.80. The van der Waals surface area contributed by atoms with Gasteiger partial charge in [0.2, 0.25) is 0 Å².